The van der Waals surface area contributed by atoms with Crippen molar-refractivity contribution in [3.05, 3.63) is 53.2 Å². The van der Waals surface area contributed by atoms with Crippen molar-refractivity contribution in [2.24, 2.45) is 0 Å². The van der Waals surface area contributed by atoms with Gasteiger partial charge in [-0.15, -0.1) is 0 Å². The first-order valence-electron chi connectivity index (χ1n) is 6.84. The molecule has 0 spiro atoms. The Kier molecular flexibility index (Phi) is 2.33. The zero-order valence-corrected chi connectivity index (χ0v) is 11.3. The maximum atomic E-state index is 12.4. The van der Waals surface area contributed by atoms with Gasteiger partial charge in [-0.2, -0.15) is 0 Å². The molecule has 4 heteroatoms. The number of hydrogen-bond donors (Lipinski definition) is 1. The van der Waals surface area contributed by atoms with E-state index in [1.165, 1.54) is 11.1 Å². The van der Waals surface area contributed by atoms with E-state index < -0.39 is 0 Å². The molecule has 1 atom stereocenters. The summed E-state index contributed by atoms with van der Waals surface area (Å²) >= 11 is 0. The number of fused-ring (bicyclic) bond motifs is 4. The Balaban J connectivity index is 1.85. The van der Waals surface area contributed by atoms with Crippen molar-refractivity contribution in [3.8, 4) is 0 Å². The highest BCUT2D eigenvalue weighted by molar-refractivity contribution is 6.04. The lowest BCUT2D eigenvalue weighted by atomic mass is 9.92. The predicted octanol–water partition coefficient (Wildman–Crippen LogP) is 2.27. The summed E-state index contributed by atoms with van der Waals surface area (Å²) in [5.41, 5.74) is 4.46. The third kappa shape index (κ3) is 1.54. The number of nitrogens with zero attached hydrogens (tertiary/aromatic N) is 2. The van der Waals surface area contributed by atoms with Gasteiger partial charge in [-0.1, -0.05) is 24.3 Å². The smallest absolute Gasteiger partial charge is 0.247 e. The minimum atomic E-state index is -0.147. The predicted molar refractivity (Wildman–Crippen MR) is 77.7 cm³/mol. The first kappa shape index (κ1) is 11.5. The number of carbonyl (C=O) groups is 1. The Bertz CT molecular complexity index is 711. The molecule has 1 aromatic carbocycles. The van der Waals surface area contributed by atoms with Crippen LogP contribution in [0.2, 0.25) is 0 Å². The first-order valence-corrected chi connectivity index (χ1v) is 6.84. The normalized spacial score (nSPS) is 19.8. The fraction of sp³-hybridized carbons (Fsp3) is 0.250. The van der Waals surface area contributed by atoms with Crippen molar-refractivity contribution in [2.45, 2.75) is 25.9 Å². The van der Waals surface area contributed by atoms with Gasteiger partial charge >= 0.3 is 0 Å². The number of amides is 1. The van der Waals surface area contributed by atoms with E-state index in [2.05, 4.69) is 27.3 Å². The van der Waals surface area contributed by atoms with Gasteiger partial charge in [-0.3, -0.25) is 4.79 Å². The third-order valence-electron chi connectivity index (χ3n) is 4.21. The number of rotatable bonds is 0. The standard InChI is InChI=1S/C16H15N3O/c1-10-6-7-17-15-14(10)18-16(20)13-8-11-4-2-3-5-12(11)9-19(13)15/h2-7,13H,8-9H2,1H3,(H,18,20). The second-order valence-electron chi connectivity index (χ2n) is 5.43. The van der Waals surface area contributed by atoms with Crippen LogP contribution in [0.15, 0.2) is 36.5 Å². The molecule has 100 valence electrons. The average molecular weight is 265 g/mol. The van der Waals surface area contributed by atoms with Crippen molar-refractivity contribution in [1.82, 2.24) is 4.98 Å². The maximum Gasteiger partial charge on any atom is 0.247 e. The summed E-state index contributed by atoms with van der Waals surface area (Å²) in [4.78, 5) is 19.0. The zero-order valence-electron chi connectivity index (χ0n) is 11.3. The molecule has 1 unspecified atom stereocenters. The van der Waals surface area contributed by atoms with Crippen molar-refractivity contribution in [3.63, 3.8) is 0 Å². The molecule has 2 aliphatic rings. The van der Waals surface area contributed by atoms with Crippen LogP contribution in [0.5, 0.6) is 0 Å². The Morgan fingerprint density at radius 1 is 1.25 bits per heavy atom. The number of benzene rings is 1. The Morgan fingerprint density at radius 2 is 2.05 bits per heavy atom. The molecule has 3 heterocycles. The molecule has 0 fully saturated rings. The van der Waals surface area contributed by atoms with E-state index in [1.807, 2.05) is 31.3 Å². The summed E-state index contributed by atoms with van der Waals surface area (Å²) in [7, 11) is 0. The molecular weight excluding hydrogens is 250 g/mol. The minimum absolute atomic E-state index is 0.0723. The minimum Gasteiger partial charge on any atom is -0.338 e. The number of aromatic nitrogens is 1. The average Bonchev–Trinajstić information content (AvgIpc) is 2.47. The highest BCUT2D eigenvalue weighted by atomic mass is 16.2. The largest absolute Gasteiger partial charge is 0.338 e. The summed E-state index contributed by atoms with van der Waals surface area (Å²) in [6, 6.07) is 10.1. The highest BCUT2D eigenvalue weighted by Crippen LogP contribution is 2.37. The summed E-state index contributed by atoms with van der Waals surface area (Å²) < 4.78 is 0. The summed E-state index contributed by atoms with van der Waals surface area (Å²) in [5, 5.41) is 3.02. The van der Waals surface area contributed by atoms with Crippen LogP contribution in [0.1, 0.15) is 16.7 Å². The second kappa shape index (κ2) is 4.07. The number of nitrogens with one attached hydrogen (secondary N) is 1. The number of anilines is 2. The van der Waals surface area contributed by atoms with E-state index >= 15 is 0 Å². The zero-order chi connectivity index (χ0) is 13.7. The van der Waals surface area contributed by atoms with E-state index in [9.17, 15) is 4.79 Å². The fourth-order valence-corrected chi connectivity index (χ4v) is 3.10. The van der Waals surface area contributed by atoms with Crippen molar-refractivity contribution in [2.75, 3.05) is 10.2 Å². The Labute approximate surface area is 117 Å². The van der Waals surface area contributed by atoms with Crippen molar-refractivity contribution in [1.29, 1.82) is 0 Å². The maximum absolute atomic E-state index is 12.4. The highest BCUT2D eigenvalue weighted by Gasteiger charge is 2.37. The van der Waals surface area contributed by atoms with Gasteiger partial charge in [0.05, 0.1) is 5.69 Å². The Morgan fingerprint density at radius 3 is 2.90 bits per heavy atom. The van der Waals surface area contributed by atoms with Crippen LogP contribution in [0.3, 0.4) is 0 Å². The van der Waals surface area contributed by atoms with Gasteiger partial charge < -0.3 is 10.2 Å². The van der Waals surface area contributed by atoms with Crippen LogP contribution in [-0.4, -0.2) is 16.9 Å². The molecule has 0 bridgehead atoms. The summed E-state index contributed by atoms with van der Waals surface area (Å²) in [6.45, 7) is 2.75. The van der Waals surface area contributed by atoms with Gasteiger partial charge in [0.15, 0.2) is 5.82 Å². The first-order chi connectivity index (χ1) is 9.74. The molecule has 0 radical (unpaired) electrons. The second-order valence-corrected chi connectivity index (χ2v) is 5.43. The van der Waals surface area contributed by atoms with Gasteiger partial charge in [0.1, 0.15) is 6.04 Å². The quantitative estimate of drug-likeness (QED) is 0.794. The van der Waals surface area contributed by atoms with Crippen LogP contribution < -0.4 is 10.2 Å². The van der Waals surface area contributed by atoms with Crippen LogP contribution in [0.25, 0.3) is 0 Å². The Hall–Kier alpha value is -2.36. The molecule has 1 amide bonds. The van der Waals surface area contributed by atoms with Crippen LogP contribution in [0, 0.1) is 6.92 Å². The number of pyridine rings is 1. The van der Waals surface area contributed by atoms with Gasteiger partial charge in [0.2, 0.25) is 5.91 Å². The van der Waals surface area contributed by atoms with E-state index in [0.29, 0.717) is 0 Å². The van der Waals surface area contributed by atoms with Gasteiger partial charge in [0.25, 0.3) is 0 Å². The summed E-state index contributed by atoms with van der Waals surface area (Å²) in [5.74, 6) is 0.965. The molecule has 2 aromatic rings. The molecule has 0 saturated carbocycles. The third-order valence-corrected chi connectivity index (χ3v) is 4.21. The molecule has 4 nitrogen and oxygen atoms in total. The van der Waals surface area contributed by atoms with Gasteiger partial charge in [-0.25, -0.2) is 4.98 Å². The molecule has 1 N–H and O–H groups in total. The molecule has 0 saturated heterocycles. The molecule has 20 heavy (non-hydrogen) atoms. The molecule has 1 aromatic heterocycles. The molecule has 2 aliphatic heterocycles. The topological polar surface area (TPSA) is 45.2 Å². The fourth-order valence-electron chi connectivity index (χ4n) is 3.10. The van der Waals surface area contributed by atoms with Gasteiger partial charge in [-0.05, 0) is 29.7 Å². The van der Waals surface area contributed by atoms with Crippen LogP contribution >= 0.6 is 0 Å². The molecule has 0 aliphatic carbocycles. The van der Waals surface area contributed by atoms with Crippen molar-refractivity contribution >= 4 is 17.4 Å². The lowest BCUT2D eigenvalue weighted by Gasteiger charge is -2.41. The van der Waals surface area contributed by atoms with Crippen LogP contribution in [-0.2, 0) is 17.8 Å². The summed E-state index contributed by atoms with van der Waals surface area (Å²) in [6.07, 6.45) is 2.56. The SMILES string of the molecule is Cc1ccnc2c1NC(=O)C1Cc3ccccc3CN21. The van der Waals surface area contributed by atoms with E-state index in [4.69, 9.17) is 0 Å². The lowest BCUT2D eigenvalue weighted by Crippen LogP contribution is -2.51. The number of aryl methyl sites for hydroxylation is 1. The molecule has 4 rings (SSSR count). The molecular formula is C16H15N3O. The van der Waals surface area contributed by atoms with E-state index in [1.54, 1.807) is 0 Å². The van der Waals surface area contributed by atoms with E-state index in [0.717, 1.165) is 30.0 Å². The van der Waals surface area contributed by atoms with E-state index in [-0.39, 0.29) is 11.9 Å². The van der Waals surface area contributed by atoms with Gasteiger partial charge in [0, 0.05) is 19.2 Å². The van der Waals surface area contributed by atoms with Crippen molar-refractivity contribution < 1.29 is 4.79 Å². The van der Waals surface area contributed by atoms with Crippen LogP contribution in [0.4, 0.5) is 11.5 Å². The number of hydrogen-bond acceptors (Lipinski definition) is 3. The monoisotopic (exact) mass is 265 g/mol. The lowest BCUT2D eigenvalue weighted by molar-refractivity contribution is -0.117. The number of carbonyl (C=O) groups excluding carboxylic acids is 1.